The zero-order chi connectivity index (χ0) is 13.5. The summed E-state index contributed by atoms with van der Waals surface area (Å²) in [6, 6.07) is -3.06. The maximum atomic E-state index is 12.6. The molecule has 0 bridgehead atoms. The molecule has 0 aliphatic carbocycles. The first-order valence-corrected chi connectivity index (χ1v) is 4.10. The molecule has 2 nitrogen and oxygen atoms in total. The molecule has 7 heteroatoms. The van der Waals surface area contributed by atoms with Crippen molar-refractivity contribution in [1.29, 1.82) is 0 Å². The molecule has 0 atom stereocenters. The van der Waals surface area contributed by atoms with Gasteiger partial charge in [0.25, 0.3) is 0 Å². The van der Waals surface area contributed by atoms with Gasteiger partial charge in [-0.05, 0) is 17.5 Å². The van der Waals surface area contributed by atoms with Gasteiger partial charge in [-0.2, -0.15) is 13.2 Å². The Morgan fingerprint density at radius 1 is 1.29 bits per heavy atom. The van der Waals surface area contributed by atoms with E-state index in [0.29, 0.717) is 0 Å². The van der Waals surface area contributed by atoms with Crippen LogP contribution < -0.4 is 5.46 Å². The molecule has 76 valence electrons. The summed E-state index contributed by atoms with van der Waals surface area (Å²) in [7, 11) is -2.38. The lowest BCUT2D eigenvalue weighted by molar-refractivity contribution is -0.137. The molecule has 1 aromatic carbocycles. The fourth-order valence-corrected chi connectivity index (χ4v) is 1.14. The van der Waals surface area contributed by atoms with E-state index in [0.717, 1.165) is 0 Å². The predicted molar refractivity (Wildman–Crippen MR) is 49.0 cm³/mol. The molecule has 0 heterocycles. The van der Waals surface area contributed by atoms with Gasteiger partial charge in [0.1, 0.15) is 0 Å². The Bertz CT molecular complexity index is 467. The SMILES string of the molecule is [2H]c1c(Br)c([2H])c(C(F)(F)F)c([2H])c1B(O)O. The van der Waals surface area contributed by atoms with Crippen molar-refractivity contribution in [1.82, 2.24) is 0 Å². The van der Waals surface area contributed by atoms with Crippen LogP contribution in [0.4, 0.5) is 13.2 Å². The lowest BCUT2D eigenvalue weighted by atomic mass is 9.79. The molecular weight excluding hydrogens is 264 g/mol. The van der Waals surface area contributed by atoms with Crippen molar-refractivity contribution in [2.75, 3.05) is 0 Å². The highest BCUT2D eigenvalue weighted by molar-refractivity contribution is 9.10. The normalized spacial score (nSPS) is 14.6. The van der Waals surface area contributed by atoms with Gasteiger partial charge in [-0.25, -0.2) is 0 Å². The second-order valence-electron chi connectivity index (χ2n) is 2.35. The van der Waals surface area contributed by atoms with E-state index in [1.165, 1.54) is 0 Å². The number of hydrogen-bond acceptors (Lipinski definition) is 2. The van der Waals surface area contributed by atoms with Crippen LogP contribution in [-0.2, 0) is 6.18 Å². The van der Waals surface area contributed by atoms with Crippen molar-refractivity contribution in [2.24, 2.45) is 0 Å². The Hall–Kier alpha value is -0.525. The first kappa shape index (κ1) is 7.73. The fraction of sp³-hybridized carbons (Fsp3) is 0.143. The van der Waals surface area contributed by atoms with E-state index in [1.807, 2.05) is 0 Å². The van der Waals surface area contributed by atoms with Gasteiger partial charge < -0.3 is 10.0 Å². The highest BCUT2D eigenvalue weighted by Gasteiger charge is 2.31. The van der Waals surface area contributed by atoms with E-state index in [1.54, 1.807) is 0 Å². The molecule has 0 aliphatic heterocycles. The number of alkyl halides is 3. The second kappa shape index (κ2) is 3.92. The van der Waals surface area contributed by atoms with E-state index in [-0.39, 0.29) is 0 Å². The minimum Gasteiger partial charge on any atom is -0.423 e. The molecule has 0 aliphatic rings. The smallest absolute Gasteiger partial charge is 0.423 e. The van der Waals surface area contributed by atoms with E-state index in [9.17, 15) is 13.2 Å². The Kier molecular flexibility index (Phi) is 2.16. The van der Waals surface area contributed by atoms with Gasteiger partial charge in [0, 0.05) is 4.47 Å². The molecule has 0 saturated carbocycles. The van der Waals surface area contributed by atoms with E-state index in [2.05, 4.69) is 15.9 Å². The number of hydrogen-bond donors (Lipinski definition) is 2. The molecule has 14 heavy (non-hydrogen) atoms. The van der Waals surface area contributed by atoms with Crippen molar-refractivity contribution >= 4 is 28.5 Å². The Labute approximate surface area is 90.9 Å². The average molecular weight is 272 g/mol. The first-order valence-electron chi connectivity index (χ1n) is 4.81. The lowest BCUT2D eigenvalue weighted by Gasteiger charge is -2.09. The second-order valence-corrected chi connectivity index (χ2v) is 3.14. The Morgan fingerprint density at radius 3 is 2.29 bits per heavy atom. The van der Waals surface area contributed by atoms with Gasteiger partial charge in [-0.1, -0.05) is 22.0 Å². The molecule has 0 saturated heterocycles. The molecule has 1 aromatic rings. The van der Waals surface area contributed by atoms with Gasteiger partial charge >= 0.3 is 13.3 Å². The molecule has 0 fully saturated rings. The quantitative estimate of drug-likeness (QED) is 0.753. The van der Waals surface area contributed by atoms with Crippen LogP contribution in [0.2, 0.25) is 0 Å². The number of rotatable bonds is 1. The molecule has 0 radical (unpaired) electrons. The average Bonchev–Trinajstić information content (AvgIpc) is 2.11. The Morgan fingerprint density at radius 2 is 1.86 bits per heavy atom. The molecule has 2 N–H and O–H groups in total. The number of halogens is 4. The van der Waals surface area contributed by atoms with Crippen molar-refractivity contribution < 1.29 is 27.3 Å². The van der Waals surface area contributed by atoms with Crippen LogP contribution >= 0.6 is 15.9 Å². The lowest BCUT2D eigenvalue weighted by Crippen LogP contribution is -2.30. The van der Waals surface area contributed by atoms with Crippen LogP contribution in [-0.4, -0.2) is 17.2 Å². The summed E-state index contributed by atoms with van der Waals surface area (Å²) in [4.78, 5) is 0. The highest BCUT2D eigenvalue weighted by atomic mass is 79.9. The monoisotopic (exact) mass is 271 g/mol. The summed E-state index contributed by atoms with van der Waals surface area (Å²) in [5.41, 5.74) is -2.50. The van der Waals surface area contributed by atoms with Gasteiger partial charge in [-0.15, -0.1) is 0 Å². The van der Waals surface area contributed by atoms with E-state index in [4.69, 9.17) is 14.2 Å². The van der Waals surface area contributed by atoms with Crippen molar-refractivity contribution in [3.63, 3.8) is 0 Å². The van der Waals surface area contributed by atoms with Crippen LogP contribution in [0.15, 0.2) is 22.6 Å². The first-order chi connectivity index (χ1) is 7.59. The zero-order valence-corrected chi connectivity index (χ0v) is 8.07. The summed E-state index contributed by atoms with van der Waals surface area (Å²) >= 11 is 2.60. The van der Waals surface area contributed by atoms with E-state index >= 15 is 0 Å². The third-order valence-electron chi connectivity index (χ3n) is 1.28. The fourth-order valence-electron chi connectivity index (χ4n) is 0.727. The van der Waals surface area contributed by atoms with Gasteiger partial charge in [0.15, 0.2) is 0 Å². The van der Waals surface area contributed by atoms with Gasteiger partial charge in [0.2, 0.25) is 0 Å². The topological polar surface area (TPSA) is 40.5 Å². The molecule has 0 spiro atoms. The van der Waals surface area contributed by atoms with Crippen LogP contribution in [0.1, 0.15) is 9.68 Å². The molecular formula is C7H5BBrF3O2. The molecule has 0 aromatic heterocycles. The molecule has 1 rings (SSSR count). The third-order valence-corrected chi connectivity index (χ3v) is 1.68. The Balaban J connectivity index is 3.75. The molecule has 0 amide bonds. The van der Waals surface area contributed by atoms with Crippen LogP contribution in [0.3, 0.4) is 0 Å². The van der Waals surface area contributed by atoms with Crippen LogP contribution in [0.5, 0.6) is 0 Å². The third kappa shape index (κ3) is 2.73. The van der Waals surface area contributed by atoms with Crippen molar-refractivity contribution in [3.8, 4) is 0 Å². The summed E-state index contributed by atoms with van der Waals surface area (Å²) in [5.74, 6) is 0. The zero-order valence-electron chi connectivity index (χ0n) is 9.48. The van der Waals surface area contributed by atoms with Crippen LogP contribution in [0.25, 0.3) is 0 Å². The summed E-state index contributed by atoms with van der Waals surface area (Å²) < 4.78 is 58.9. The highest BCUT2D eigenvalue weighted by Crippen LogP contribution is 2.30. The predicted octanol–water partition coefficient (Wildman–Crippen LogP) is 1.15. The summed E-state index contributed by atoms with van der Waals surface area (Å²) in [6.07, 6.45) is -4.98. The standard InChI is InChI=1S/C7H5BBrF3O2/c9-6-2-4(7(10,11)12)1-5(3-6)8(13)14/h1-3,13-14H/i1D,2D,3D. The minimum absolute atomic E-state index is 0.538. The number of benzene rings is 1. The van der Waals surface area contributed by atoms with Gasteiger partial charge in [-0.3, -0.25) is 0 Å². The molecule has 0 unspecified atom stereocenters. The summed E-state index contributed by atoms with van der Waals surface area (Å²) in [6.45, 7) is 0. The van der Waals surface area contributed by atoms with Gasteiger partial charge in [0.05, 0.1) is 9.68 Å². The maximum absolute atomic E-state index is 12.6. The largest absolute Gasteiger partial charge is 0.488 e. The minimum atomic E-state index is -4.98. The van der Waals surface area contributed by atoms with Crippen molar-refractivity contribution in [2.45, 2.75) is 6.18 Å². The van der Waals surface area contributed by atoms with Crippen molar-refractivity contribution in [3.05, 3.63) is 28.2 Å². The van der Waals surface area contributed by atoms with E-state index < -0.39 is 46.9 Å². The van der Waals surface area contributed by atoms with Crippen LogP contribution in [0, 0.1) is 0 Å². The maximum Gasteiger partial charge on any atom is 0.488 e. The summed E-state index contributed by atoms with van der Waals surface area (Å²) in [5, 5.41) is 17.7.